The number of alkyl halides is 1. The zero-order chi connectivity index (χ0) is 25.2. The highest BCUT2D eigenvalue weighted by Crippen LogP contribution is 2.40. The van der Waals surface area contributed by atoms with Crippen molar-refractivity contribution in [1.29, 1.82) is 0 Å². The van der Waals surface area contributed by atoms with Crippen molar-refractivity contribution in [1.82, 2.24) is 10.2 Å². The zero-order valence-electron chi connectivity index (χ0n) is 21.9. The van der Waals surface area contributed by atoms with Crippen LogP contribution in [0.15, 0.2) is 0 Å². The molecule has 0 aromatic rings. The fraction of sp³-hybridized carbons (Fsp3) is 0.964. The minimum Gasteiger partial charge on any atom is -0.393 e. The molecule has 8 atom stereocenters. The van der Waals surface area contributed by atoms with Crippen molar-refractivity contribution >= 4 is 17.5 Å². The number of carbonyl (C=O) groups excluding carboxylic acids is 1. The van der Waals surface area contributed by atoms with Crippen molar-refractivity contribution in [2.45, 2.75) is 125 Å². The van der Waals surface area contributed by atoms with Gasteiger partial charge in [-0.25, -0.2) is 0 Å². The predicted octanol–water partition coefficient (Wildman–Crippen LogP) is 2.75. The van der Waals surface area contributed by atoms with Crippen LogP contribution in [0, 0.1) is 23.7 Å². The number of carbonyl (C=O) groups is 1. The van der Waals surface area contributed by atoms with E-state index in [0.717, 1.165) is 83.8 Å². The van der Waals surface area contributed by atoms with Gasteiger partial charge in [-0.1, -0.05) is 12.8 Å². The van der Waals surface area contributed by atoms with E-state index in [0.29, 0.717) is 36.5 Å². The third-order valence-electron chi connectivity index (χ3n) is 10.4. The molecule has 0 aromatic carbocycles. The van der Waals surface area contributed by atoms with E-state index in [1.807, 2.05) is 0 Å². The van der Waals surface area contributed by atoms with E-state index < -0.39 is 0 Å². The molecule has 2 aliphatic heterocycles. The number of nitrogens with two attached hydrogens (primary N) is 2. The molecule has 2 bridgehead atoms. The molecule has 5 aliphatic rings. The lowest BCUT2D eigenvalue weighted by Gasteiger charge is -2.52. The number of morpholine rings is 1. The van der Waals surface area contributed by atoms with Crippen LogP contribution >= 0.6 is 11.6 Å². The second-order valence-corrected chi connectivity index (χ2v) is 13.3. The summed E-state index contributed by atoms with van der Waals surface area (Å²) in [5.41, 5.74) is 13.5. The van der Waals surface area contributed by atoms with Gasteiger partial charge in [-0.2, -0.15) is 0 Å². The molecule has 0 radical (unpaired) electrons. The Labute approximate surface area is 222 Å². The van der Waals surface area contributed by atoms with Crippen molar-refractivity contribution in [2.75, 3.05) is 19.8 Å². The summed E-state index contributed by atoms with van der Waals surface area (Å²) < 4.78 is 5.82. The molecule has 0 spiro atoms. The molecule has 7 nitrogen and oxygen atoms in total. The highest BCUT2D eigenvalue weighted by molar-refractivity contribution is 6.20. The largest absolute Gasteiger partial charge is 0.393 e. The summed E-state index contributed by atoms with van der Waals surface area (Å²) in [6, 6.07) is 1.44. The van der Waals surface area contributed by atoms with Crippen LogP contribution in [0.25, 0.3) is 0 Å². The lowest BCUT2D eigenvalue weighted by molar-refractivity contribution is -0.128. The number of piperidine rings is 1. The van der Waals surface area contributed by atoms with Gasteiger partial charge in [0.15, 0.2) is 0 Å². The number of nitrogens with zero attached hydrogens (tertiary/aromatic N) is 1. The number of nitrogens with one attached hydrogen (secondary N) is 1. The van der Waals surface area contributed by atoms with Gasteiger partial charge in [-0.15, -0.1) is 11.6 Å². The van der Waals surface area contributed by atoms with Gasteiger partial charge in [-0.05, 0) is 88.4 Å². The lowest BCUT2D eigenvalue weighted by Crippen LogP contribution is -2.62. The molecule has 206 valence electrons. The summed E-state index contributed by atoms with van der Waals surface area (Å²) in [5.74, 6) is 1.29. The van der Waals surface area contributed by atoms with Crippen LogP contribution in [0.2, 0.25) is 0 Å². The first-order valence-corrected chi connectivity index (χ1v) is 15.3. The molecular weight excluding hydrogens is 476 g/mol. The van der Waals surface area contributed by atoms with Crippen molar-refractivity contribution in [3.8, 4) is 0 Å². The van der Waals surface area contributed by atoms with Gasteiger partial charge in [-0.3, -0.25) is 9.69 Å². The number of aliphatic hydroxyl groups excluding tert-OH is 1. The first-order valence-electron chi connectivity index (χ1n) is 14.9. The fourth-order valence-electron chi connectivity index (χ4n) is 8.32. The number of aliphatic hydroxyl groups is 1. The first-order chi connectivity index (χ1) is 17.4. The molecule has 5 fully saturated rings. The maximum absolute atomic E-state index is 13.1. The van der Waals surface area contributed by atoms with E-state index >= 15 is 0 Å². The number of ether oxygens (including phenoxy) is 1. The number of fused-ring (bicyclic) bond motifs is 2. The Kier molecular flexibility index (Phi) is 9.17. The maximum Gasteiger partial charge on any atom is 0.223 e. The van der Waals surface area contributed by atoms with Crippen LogP contribution in [-0.2, 0) is 9.53 Å². The third-order valence-corrected chi connectivity index (χ3v) is 11.0. The molecule has 1 amide bonds. The SMILES string of the molecule is NC1CCC(C(=O)NCC2CCCCC2Cl)CC1C(N)C1CCC(N2C3COCC2CC(O)C3)CC1. The van der Waals surface area contributed by atoms with Crippen LogP contribution in [0.1, 0.15) is 83.5 Å². The fourth-order valence-corrected chi connectivity index (χ4v) is 8.69. The monoisotopic (exact) mass is 524 g/mol. The number of amides is 1. The van der Waals surface area contributed by atoms with Gasteiger partial charge in [0.1, 0.15) is 0 Å². The summed E-state index contributed by atoms with van der Waals surface area (Å²) >= 11 is 6.51. The van der Waals surface area contributed by atoms with Gasteiger partial charge in [0.05, 0.1) is 19.3 Å². The summed E-state index contributed by atoms with van der Waals surface area (Å²) in [4.78, 5) is 15.7. The molecule has 5 rings (SSSR count). The van der Waals surface area contributed by atoms with Crippen LogP contribution in [0.3, 0.4) is 0 Å². The summed E-state index contributed by atoms with van der Waals surface area (Å²) in [6.07, 6.45) is 13.2. The van der Waals surface area contributed by atoms with E-state index in [-0.39, 0.29) is 41.3 Å². The highest BCUT2D eigenvalue weighted by atomic mass is 35.5. The smallest absolute Gasteiger partial charge is 0.223 e. The molecular formula is C28H49ClN4O3. The number of halogens is 1. The number of hydrogen-bond donors (Lipinski definition) is 4. The average Bonchev–Trinajstić information content (AvgIpc) is 2.87. The second kappa shape index (κ2) is 12.2. The third kappa shape index (κ3) is 6.07. The molecule has 36 heavy (non-hydrogen) atoms. The molecule has 8 heteroatoms. The van der Waals surface area contributed by atoms with Crippen molar-refractivity contribution in [3.63, 3.8) is 0 Å². The molecule has 2 saturated heterocycles. The van der Waals surface area contributed by atoms with Gasteiger partial charge in [0, 0.05) is 48.0 Å². The molecule has 3 aliphatic carbocycles. The van der Waals surface area contributed by atoms with Crippen molar-refractivity contribution in [3.05, 3.63) is 0 Å². The topological polar surface area (TPSA) is 114 Å². The van der Waals surface area contributed by atoms with Gasteiger partial charge >= 0.3 is 0 Å². The van der Waals surface area contributed by atoms with E-state index in [1.54, 1.807) is 0 Å². The standard InChI is InChI=1S/C28H49ClN4O3/c29-25-4-2-1-3-19(25)14-32-28(35)18-7-10-26(30)24(11-18)27(31)17-5-8-20(9-6-17)33-21-12-23(34)13-22(33)16-36-15-21/h17-27,34H,1-16,30-31H2,(H,32,35). The lowest BCUT2D eigenvalue weighted by atomic mass is 9.68. The van der Waals surface area contributed by atoms with Crippen molar-refractivity contribution in [2.24, 2.45) is 35.1 Å². The maximum atomic E-state index is 13.1. The molecule has 2 heterocycles. The minimum atomic E-state index is -0.179. The van der Waals surface area contributed by atoms with Crippen LogP contribution in [-0.4, -0.2) is 77.4 Å². The molecule has 0 aromatic heterocycles. The number of rotatable bonds is 6. The van der Waals surface area contributed by atoms with E-state index in [9.17, 15) is 9.90 Å². The van der Waals surface area contributed by atoms with E-state index in [2.05, 4.69) is 10.2 Å². The van der Waals surface area contributed by atoms with Gasteiger partial charge in [0.25, 0.3) is 0 Å². The minimum absolute atomic E-state index is 0.0220. The van der Waals surface area contributed by atoms with Crippen LogP contribution in [0.5, 0.6) is 0 Å². The van der Waals surface area contributed by atoms with E-state index in [1.165, 1.54) is 12.8 Å². The Morgan fingerprint density at radius 1 is 0.972 bits per heavy atom. The Morgan fingerprint density at radius 2 is 1.67 bits per heavy atom. The first kappa shape index (κ1) is 27.1. The normalized spacial score (nSPS) is 45.1. The Hall–Kier alpha value is -0.440. The number of hydrogen-bond acceptors (Lipinski definition) is 6. The average molecular weight is 525 g/mol. The molecule has 3 saturated carbocycles. The predicted molar refractivity (Wildman–Crippen MR) is 143 cm³/mol. The quantitative estimate of drug-likeness (QED) is 0.397. The Balaban J connectivity index is 1.11. The molecule has 6 N–H and O–H groups in total. The second-order valence-electron chi connectivity index (χ2n) is 12.7. The van der Waals surface area contributed by atoms with Crippen LogP contribution in [0.4, 0.5) is 0 Å². The summed E-state index contributed by atoms with van der Waals surface area (Å²) in [6.45, 7) is 2.20. The summed E-state index contributed by atoms with van der Waals surface area (Å²) in [5, 5.41) is 13.7. The van der Waals surface area contributed by atoms with Crippen LogP contribution < -0.4 is 16.8 Å². The summed E-state index contributed by atoms with van der Waals surface area (Å²) in [7, 11) is 0. The van der Waals surface area contributed by atoms with Gasteiger partial charge in [0.2, 0.25) is 5.91 Å². The highest BCUT2D eigenvalue weighted by Gasteiger charge is 2.44. The van der Waals surface area contributed by atoms with Gasteiger partial charge < -0.3 is 26.6 Å². The van der Waals surface area contributed by atoms with Crippen molar-refractivity contribution < 1.29 is 14.6 Å². The Morgan fingerprint density at radius 3 is 2.36 bits per heavy atom. The Bertz CT molecular complexity index is 722. The van der Waals surface area contributed by atoms with E-state index in [4.69, 9.17) is 27.8 Å². The molecule has 8 unspecified atom stereocenters. The zero-order valence-corrected chi connectivity index (χ0v) is 22.7.